The fourth-order valence-electron chi connectivity index (χ4n) is 2.40. The third kappa shape index (κ3) is 3.86. The molecule has 0 aliphatic carbocycles. The molecule has 1 atom stereocenters. The number of thioether (sulfide) groups is 1. The van der Waals surface area contributed by atoms with E-state index in [2.05, 4.69) is 0 Å². The monoisotopic (exact) mass is 338 g/mol. The first-order valence-corrected chi connectivity index (χ1v) is 7.73. The Morgan fingerprint density at radius 3 is 2.74 bits per heavy atom. The lowest BCUT2D eigenvalue weighted by molar-refractivity contribution is -0.385. The van der Waals surface area contributed by atoms with Crippen molar-refractivity contribution in [2.45, 2.75) is 13.3 Å². The van der Waals surface area contributed by atoms with Crippen LogP contribution in [0.5, 0.6) is 0 Å². The van der Waals surface area contributed by atoms with E-state index in [0.29, 0.717) is 18.0 Å². The number of nitro benzene ring substituents is 1. The molecular weight excluding hydrogens is 324 g/mol. The molecule has 0 bridgehead atoms. The van der Waals surface area contributed by atoms with Gasteiger partial charge < -0.3 is 10.0 Å². The van der Waals surface area contributed by atoms with Crippen LogP contribution in [0.3, 0.4) is 0 Å². The predicted molar refractivity (Wildman–Crippen MR) is 83.7 cm³/mol. The first-order chi connectivity index (χ1) is 10.8. The fourth-order valence-corrected chi connectivity index (χ4v) is 3.09. The lowest BCUT2D eigenvalue weighted by Crippen LogP contribution is -2.25. The normalized spacial score (nSPS) is 17.3. The van der Waals surface area contributed by atoms with Gasteiger partial charge in [-0.15, -0.1) is 0 Å². The Kier molecular flexibility index (Phi) is 4.99. The maximum absolute atomic E-state index is 12.1. The standard InChI is InChI=1S/C14H14N2O6S/c1-8(17)23-7-9-4-13(18)15(6-9)10-2-3-12(16(21)22)11(5-10)14(19)20/h2-3,5,9H,4,6-7H2,1H3,(H,19,20). The minimum atomic E-state index is -1.42. The van der Waals surface area contributed by atoms with Gasteiger partial charge in [0.25, 0.3) is 5.69 Å². The molecule has 0 aromatic heterocycles. The van der Waals surface area contributed by atoms with Crippen molar-refractivity contribution >= 4 is 40.1 Å². The first kappa shape index (κ1) is 16.9. The topological polar surface area (TPSA) is 118 Å². The van der Waals surface area contributed by atoms with Gasteiger partial charge in [-0.2, -0.15) is 0 Å². The van der Waals surface area contributed by atoms with Crippen molar-refractivity contribution in [3.8, 4) is 0 Å². The molecule has 0 radical (unpaired) electrons. The van der Waals surface area contributed by atoms with Crippen molar-refractivity contribution in [1.82, 2.24) is 0 Å². The zero-order valence-electron chi connectivity index (χ0n) is 12.2. The van der Waals surface area contributed by atoms with Crippen molar-refractivity contribution in [2.24, 2.45) is 5.92 Å². The number of rotatable bonds is 5. The van der Waals surface area contributed by atoms with Crippen LogP contribution in [0.15, 0.2) is 18.2 Å². The van der Waals surface area contributed by atoms with Crippen LogP contribution in [0.1, 0.15) is 23.7 Å². The number of aromatic carboxylic acids is 1. The maximum atomic E-state index is 12.1. The van der Waals surface area contributed by atoms with Crippen LogP contribution in [0.4, 0.5) is 11.4 Å². The summed E-state index contributed by atoms with van der Waals surface area (Å²) in [5, 5.41) is 19.9. The molecule has 0 spiro atoms. The van der Waals surface area contributed by atoms with Crippen LogP contribution in [-0.4, -0.2) is 39.3 Å². The van der Waals surface area contributed by atoms with Gasteiger partial charge in [-0.1, -0.05) is 11.8 Å². The minimum Gasteiger partial charge on any atom is -0.477 e. The van der Waals surface area contributed by atoms with Gasteiger partial charge in [-0.3, -0.25) is 19.7 Å². The van der Waals surface area contributed by atoms with Crippen LogP contribution >= 0.6 is 11.8 Å². The Morgan fingerprint density at radius 2 is 2.17 bits per heavy atom. The number of nitro groups is 1. The highest BCUT2D eigenvalue weighted by Gasteiger charge is 2.32. The highest BCUT2D eigenvalue weighted by atomic mass is 32.2. The zero-order valence-corrected chi connectivity index (χ0v) is 13.0. The summed E-state index contributed by atoms with van der Waals surface area (Å²) in [5.41, 5.74) is -0.660. The fraction of sp³-hybridized carbons (Fsp3) is 0.357. The van der Waals surface area contributed by atoms with E-state index >= 15 is 0 Å². The second kappa shape index (κ2) is 6.78. The summed E-state index contributed by atoms with van der Waals surface area (Å²) in [4.78, 5) is 45.7. The minimum absolute atomic E-state index is 0.0140. The maximum Gasteiger partial charge on any atom is 0.342 e. The van der Waals surface area contributed by atoms with Crippen molar-refractivity contribution < 1.29 is 24.4 Å². The highest BCUT2D eigenvalue weighted by Crippen LogP contribution is 2.30. The first-order valence-electron chi connectivity index (χ1n) is 6.75. The van der Waals surface area contributed by atoms with Crippen LogP contribution in [0, 0.1) is 16.0 Å². The molecule has 1 heterocycles. The van der Waals surface area contributed by atoms with Gasteiger partial charge in [0.15, 0.2) is 5.12 Å². The van der Waals surface area contributed by atoms with E-state index in [1.807, 2.05) is 0 Å². The van der Waals surface area contributed by atoms with Gasteiger partial charge in [-0.25, -0.2) is 4.79 Å². The van der Waals surface area contributed by atoms with E-state index in [9.17, 15) is 24.5 Å². The Balaban J connectivity index is 2.23. The molecule has 1 aromatic rings. The molecule has 23 heavy (non-hydrogen) atoms. The molecule has 2 rings (SSSR count). The van der Waals surface area contributed by atoms with Gasteiger partial charge >= 0.3 is 5.97 Å². The molecule has 0 saturated carbocycles. The molecule has 122 valence electrons. The average Bonchev–Trinajstić information content (AvgIpc) is 2.85. The summed E-state index contributed by atoms with van der Waals surface area (Å²) in [5.74, 6) is -1.12. The molecule has 1 aromatic carbocycles. The Morgan fingerprint density at radius 1 is 1.48 bits per heavy atom. The molecule has 1 aliphatic heterocycles. The van der Waals surface area contributed by atoms with Crippen molar-refractivity contribution in [1.29, 1.82) is 0 Å². The highest BCUT2D eigenvalue weighted by molar-refractivity contribution is 8.13. The largest absolute Gasteiger partial charge is 0.477 e. The molecule has 1 aliphatic rings. The van der Waals surface area contributed by atoms with Gasteiger partial charge in [0.05, 0.1) is 4.92 Å². The number of anilines is 1. The third-order valence-electron chi connectivity index (χ3n) is 3.45. The van der Waals surface area contributed by atoms with E-state index in [1.165, 1.54) is 17.9 Å². The van der Waals surface area contributed by atoms with Crippen LogP contribution in [0.2, 0.25) is 0 Å². The number of amides is 1. The summed E-state index contributed by atoms with van der Waals surface area (Å²) < 4.78 is 0. The Hall–Kier alpha value is -2.42. The van der Waals surface area contributed by atoms with Crippen LogP contribution < -0.4 is 4.90 Å². The summed E-state index contributed by atoms with van der Waals surface area (Å²) in [6.45, 7) is 1.81. The van der Waals surface area contributed by atoms with Crippen molar-refractivity contribution in [3.63, 3.8) is 0 Å². The second-order valence-corrected chi connectivity index (χ2v) is 6.34. The van der Waals surface area contributed by atoms with Crippen molar-refractivity contribution in [3.05, 3.63) is 33.9 Å². The van der Waals surface area contributed by atoms with E-state index in [0.717, 1.165) is 23.9 Å². The average molecular weight is 338 g/mol. The van der Waals surface area contributed by atoms with Gasteiger partial charge in [-0.05, 0) is 18.1 Å². The predicted octanol–water partition coefficient (Wildman–Crippen LogP) is 1.93. The summed E-state index contributed by atoms with van der Waals surface area (Å²) in [7, 11) is 0. The quantitative estimate of drug-likeness (QED) is 0.643. The third-order valence-corrected chi connectivity index (χ3v) is 4.49. The summed E-state index contributed by atoms with van der Waals surface area (Å²) in [6.07, 6.45) is 0.264. The SMILES string of the molecule is CC(=O)SCC1CC(=O)N(c2ccc([N+](=O)[O-])c(C(=O)O)c2)C1. The van der Waals surface area contributed by atoms with Crippen LogP contribution in [0.25, 0.3) is 0 Å². The number of carbonyl (C=O) groups is 3. The van der Waals surface area contributed by atoms with E-state index in [4.69, 9.17) is 5.11 Å². The zero-order chi connectivity index (χ0) is 17.1. The molecule has 1 saturated heterocycles. The Labute approximate surface area is 135 Å². The lowest BCUT2D eigenvalue weighted by Gasteiger charge is -2.17. The molecule has 1 unspecified atom stereocenters. The number of carboxylic acid groups (broad SMARTS) is 1. The number of carbonyl (C=O) groups excluding carboxylic acids is 2. The number of benzene rings is 1. The number of carboxylic acids is 1. The van der Waals surface area contributed by atoms with Crippen molar-refractivity contribution in [2.75, 3.05) is 17.2 Å². The Bertz CT molecular complexity index is 690. The summed E-state index contributed by atoms with van der Waals surface area (Å²) in [6, 6.07) is 3.59. The molecule has 1 N–H and O–H groups in total. The van der Waals surface area contributed by atoms with Gasteiger partial charge in [0.1, 0.15) is 5.56 Å². The molecule has 8 nitrogen and oxygen atoms in total. The van der Waals surface area contributed by atoms with Gasteiger partial charge in [0.2, 0.25) is 5.91 Å². The van der Waals surface area contributed by atoms with E-state index in [1.54, 1.807) is 0 Å². The molecular formula is C14H14N2O6S. The molecule has 1 fully saturated rings. The van der Waals surface area contributed by atoms with E-state index in [-0.39, 0.29) is 23.4 Å². The smallest absolute Gasteiger partial charge is 0.342 e. The van der Waals surface area contributed by atoms with Crippen LogP contribution in [-0.2, 0) is 9.59 Å². The molecule has 9 heteroatoms. The number of nitrogens with zero attached hydrogens (tertiary/aromatic N) is 2. The number of hydrogen-bond donors (Lipinski definition) is 1. The lowest BCUT2D eigenvalue weighted by atomic mass is 10.1. The number of hydrogen-bond acceptors (Lipinski definition) is 6. The van der Waals surface area contributed by atoms with E-state index < -0.39 is 22.1 Å². The molecule has 1 amide bonds. The second-order valence-electron chi connectivity index (χ2n) is 5.14. The summed E-state index contributed by atoms with van der Waals surface area (Å²) >= 11 is 1.14. The van der Waals surface area contributed by atoms with Gasteiger partial charge in [0, 0.05) is 37.4 Å².